The van der Waals surface area contributed by atoms with Crippen molar-refractivity contribution in [2.24, 2.45) is 5.41 Å². The third kappa shape index (κ3) is 3.21. The maximum atomic E-state index is 10.6. The van der Waals surface area contributed by atoms with Gasteiger partial charge in [-0.25, -0.2) is 0 Å². The van der Waals surface area contributed by atoms with Crippen molar-refractivity contribution < 1.29 is 4.79 Å². The third-order valence-electron chi connectivity index (χ3n) is 1.93. The number of aldehydes is 1. The lowest BCUT2D eigenvalue weighted by Gasteiger charge is -2.25. The van der Waals surface area contributed by atoms with Crippen LogP contribution in [0, 0.1) is 5.41 Å². The number of hydrogen-bond donors (Lipinski definition) is 1. The molecule has 1 atom stereocenters. The average Bonchev–Trinajstić information content (AvgIpc) is 2.00. The van der Waals surface area contributed by atoms with Crippen molar-refractivity contribution in [2.45, 2.75) is 33.7 Å². The van der Waals surface area contributed by atoms with Gasteiger partial charge in [0.1, 0.15) is 6.29 Å². The average molecular weight is 155 g/mol. The first kappa shape index (κ1) is 10.2. The van der Waals surface area contributed by atoms with E-state index in [0.717, 1.165) is 6.29 Å². The van der Waals surface area contributed by atoms with Gasteiger partial charge < -0.3 is 10.1 Å². The first-order chi connectivity index (χ1) is 5.04. The summed E-state index contributed by atoms with van der Waals surface area (Å²) in [5.74, 6) is 0. The van der Waals surface area contributed by atoms with Crippen LogP contribution in [0.1, 0.15) is 27.7 Å². The number of nitrogens with one attached hydrogen (secondary N) is 1. The molecule has 0 saturated carbocycles. The van der Waals surface area contributed by atoms with Gasteiger partial charge in [0.2, 0.25) is 0 Å². The number of carbonyl (C=O) groups is 1. The van der Waals surface area contributed by atoms with E-state index in [0.29, 0.717) is 0 Å². The van der Waals surface area contributed by atoms with E-state index < -0.39 is 0 Å². The van der Waals surface area contributed by atoms with Gasteiger partial charge in [-0.05, 0) is 20.0 Å². The Morgan fingerprint density at radius 1 is 1.45 bits per heavy atom. The Kier molecular flexibility index (Phi) is 3.86. The first-order valence-electron chi connectivity index (χ1n) is 3.88. The molecule has 0 bridgehead atoms. The van der Waals surface area contributed by atoms with Gasteiger partial charge in [0, 0.05) is 11.5 Å². The molecule has 2 heteroatoms. The lowest BCUT2D eigenvalue weighted by molar-refractivity contribution is -0.115. The smallest absolute Gasteiger partial charge is 0.127 e. The summed E-state index contributed by atoms with van der Waals surface area (Å²) in [4.78, 5) is 10.6. The summed E-state index contributed by atoms with van der Waals surface area (Å²) < 4.78 is 0. The molecular weight excluding hydrogens is 138 g/mol. The van der Waals surface area contributed by atoms with E-state index in [9.17, 15) is 4.79 Å². The van der Waals surface area contributed by atoms with Crippen LogP contribution in [0.15, 0.2) is 12.3 Å². The van der Waals surface area contributed by atoms with Crippen molar-refractivity contribution in [1.82, 2.24) is 5.32 Å². The molecule has 0 fully saturated rings. The van der Waals surface area contributed by atoms with E-state index in [-0.39, 0.29) is 11.5 Å². The van der Waals surface area contributed by atoms with Crippen LogP contribution in [0.2, 0.25) is 0 Å². The predicted molar refractivity (Wildman–Crippen MR) is 47.3 cm³/mol. The standard InChI is InChI=1S/C9H17NO/c1-5-6-10-8(2)9(3,4)7-11/h5-8,10H,1-4H3. The highest BCUT2D eigenvalue weighted by Crippen LogP contribution is 2.16. The largest absolute Gasteiger partial charge is 0.388 e. The Hall–Kier alpha value is -0.790. The summed E-state index contributed by atoms with van der Waals surface area (Å²) in [7, 11) is 0. The van der Waals surface area contributed by atoms with Crippen LogP contribution in [-0.2, 0) is 4.79 Å². The van der Waals surface area contributed by atoms with Crippen LogP contribution in [0.25, 0.3) is 0 Å². The molecular formula is C9H17NO. The first-order valence-corrected chi connectivity index (χ1v) is 3.88. The highest BCUT2D eigenvalue weighted by atomic mass is 16.1. The SMILES string of the molecule is CC=CNC(C)C(C)(C)C=O. The summed E-state index contributed by atoms with van der Waals surface area (Å²) in [6.45, 7) is 7.77. The highest BCUT2D eigenvalue weighted by Gasteiger charge is 2.23. The van der Waals surface area contributed by atoms with Crippen LogP contribution in [0.3, 0.4) is 0 Å². The number of allylic oxidation sites excluding steroid dienone is 1. The minimum Gasteiger partial charge on any atom is -0.388 e. The van der Waals surface area contributed by atoms with E-state index in [1.165, 1.54) is 0 Å². The second-order valence-corrected chi connectivity index (χ2v) is 3.33. The van der Waals surface area contributed by atoms with Gasteiger partial charge in [-0.3, -0.25) is 0 Å². The van der Waals surface area contributed by atoms with E-state index in [1.807, 2.05) is 40.0 Å². The van der Waals surface area contributed by atoms with Gasteiger partial charge in [-0.2, -0.15) is 0 Å². The van der Waals surface area contributed by atoms with E-state index >= 15 is 0 Å². The van der Waals surface area contributed by atoms with Gasteiger partial charge >= 0.3 is 0 Å². The quantitative estimate of drug-likeness (QED) is 0.626. The van der Waals surface area contributed by atoms with Crippen LogP contribution >= 0.6 is 0 Å². The minimum absolute atomic E-state index is 0.177. The molecule has 0 aromatic carbocycles. The normalized spacial score (nSPS) is 14.9. The Morgan fingerprint density at radius 3 is 2.36 bits per heavy atom. The van der Waals surface area contributed by atoms with Gasteiger partial charge in [0.15, 0.2) is 0 Å². The zero-order chi connectivity index (χ0) is 8.91. The fraction of sp³-hybridized carbons (Fsp3) is 0.667. The predicted octanol–water partition coefficient (Wildman–Crippen LogP) is 1.72. The van der Waals surface area contributed by atoms with E-state index in [2.05, 4.69) is 5.32 Å². The molecule has 0 aliphatic heterocycles. The van der Waals surface area contributed by atoms with Crippen molar-refractivity contribution in [3.8, 4) is 0 Å². The molecule has 11 heavy (non-hydrogen) atoms. The maximum Gasteiger partial charge on any atom is 0.127 e. The molecule has 0 amide bonds. The lowest BCUT2D eigenvalue weighted by Crippen LogP contribution is -2.37. The lowest BCUT2D eigenvalue weighted by atomic mass is 9.87. The summed E-state index contributed by atoms with van der Waals surface area (Å²) in [6, 6.07) is 0.177. The second kappa shape index (κ2) is 4.16. The van der Waals surface area contributed by atoms with Crippen LogP contribution in [-0.4, -0.2) is 12.3 Å². The molecule has 0 radical (unpaired) electrons. The minimum atomic E-state index is -0.292. The molecule has 0 aromatic heterocycles. The second-order valence-electron chi connectivity index (χ2n) is 3.33. The molecule has 0 rings (SSSR count). The molecule has 1 unspecified atom stereocenters. The Balaban J connectivity index is 4.00. The molecule has 0 aromatic rings. The third-order valence-corrected chi connectivity index (χ3v) is 1.93. The molecule has 2 nitrogen and oxygen atoms in total. The topological polar surface area (TPSA) is 29.1 Å². The van der Waals surface area contributed by atoms with Gasteiger partial charge in [-0.1, -0.05) is 19.9 Å². The zero-order valence-electron chi connectivity index (χ0n) is 7.72. The van der Waals surface area contributed by atoms with Crippen LogP contribution < -0.4 is 5.32 Å². The van der Waals surface area contributed by atoms with Crippen molar-refractivity contribution in [3.63, 3.8) is 0 Å². The van der Waals surface area contributed by atoms with Gasteiger partial charge in [0.05, 0.1) is 0 Å². The van der Waals surface area contributed by atoms with Crippen molar-refractivity contribution in [3.05, 3.63) is 12.3 Å². The zero-order valence-corrected chi connectivity index (χ0v) is 7.72. The maximum absolute atomic E-state index is 10.6. The summed E-state index contributed by atoms with van der Waals surface area (Å²) in [5.41, 5.74) is -0.292. The fourth-order valence-corrected chi connectivity index (χ4v) is 0.557. The Bertz CT molecular complexity index is 150. The van der Waals surface area contributed by atoms with Gasteiger partial charge in [-0.15, -0.1) is 0 Å². The van der Waals surface area contributed by atoms with Crippen LogP contribution in [0.4, 0.5) is 0 Å². The van der Waals surface area contributed by atoms with E-state index in [4.69, 9.17) is 0 Å². The van der Waals surface area contributed by atoms with E-state index in [1.54, 1.807) is 0 Å². The number of rotatable bonds is 4. The van der Waals surface area contributed by atoms with Crippen molar-refractivity contribution in [1.29, 1.82) is 0 Å². The van der Waals surface area contributed by atoms with Crippen molar-refractivity contribution >= 4 is 6.29 Å². The fourth-order valence-electron chi connectivity index (χ4n) is 0.557. The molecule has 0 spiro atoms. The molecule has 64 valence electrons. The van der Waals surface area contributed by atoms with Crippen LogP contribution in [0.5, 0.6) is 0 Å². The summed E-state index contributed by atoms with van der Waals surface area (Å²) in [5, 5.41) is 3.11. The van der Waals surface area contributed by atoms with Gasteiger partial charge in [0.25, 0.3) is 0 Å². The molecule has 0 saturated heterocycles. The molecule has 0 aliphatic carbocycles. The van der Waals surface area contributed by atoms with Crippen molar-refractivity contribution in [2.75, 3.05) is 0 Å². The molecule has 0 aliphatic rings. The number of carbonyl (C=O) groups excluding carboxylic acids is 1. The summed E-state index contributed by atoms with van der Waals surface area (Å²) >= 11 is 0. The molecule has 0 heterocycles. The number of hydrogen-bond acceptors (Lipinski definition) is 2. The monoisotopic (exact) mass is 155 g/mol. The Labute approximate surface area is 68.7 Å². The molecule has 1 N–H and O–H groups in total. The summed E-state index contributed by atoms with van der Waals surface area (Å²) in [6.07, 6.45) is 4.75. The Morgan fingerprint density at radius 2 is 2.00 bits per heavy atom. The highest BCUT2D eigenvalue weighted by molar-refractivity contribution is 5.59.